The summed E-state index contributed by atoms with van der Waals surface area (Å²) in [5.41, 5.74) is 10.6. The number of nitrogen functional groups attached to an aromatic ring is 2. The minimum absolute atomic E-state index is 0.0317. The quantitative estimate of drug-likeness (QED) is 0.0500. The SMILES string of the molecule is COC1C(O)[C@H](n2c[n+](C)c3c(O)nc(N)nc32)O[C@@H]1COP(=O)(O)OP(=O)(O)OP(=O)(O)OC[C@@H]1C[C@H](O)C(n2cnc3c(=O)[nH]c(N)nc32)O1. The van der Waals surface area contributed by atoms with Gasteiger partial charge in [-0.25, -0.2) is 23.2 Å². The topological polar surface area (TPSA) is 387 Å². The van der Waals surface area contributed by atoms with Crippen LogP contribution in [-0.2, 0) is 52.6 Å². The third-order valence-corrected chi connectivity index (χ3v) is 12.0. The van der Waals surface area contributed by atoms with Crippen LogP contribution in [0, 0.1) is 0 Å². The highest BCUT2D eigenvalue weighted by molar-refractivity contribution is 7.66. The lowest BCUT2D eigenvalue weighted by atomic mass is 10.1. The number of phosphoric acid groups is 3. The zero-order chi connectivity index (χ0) is 37.9. The Kier molecular flexibility index (Phi) is 10.3. The maximum Gasteiger partial charge on any atom is 0.490 e. The van der Waals surface area contributed by atoms with Crippen molar-refractivity contribution < 1.29 is 80.1 Å². The number of nitrogens with two attached hydrogens (primary N) is 2. The Bertz CT molecular complexity index is 2200. The lowest BCUT2D eigenvalue weighted by molar-refractivity contribution is -0.646. The number of H-pyrrole nitrogens is 1. The number of aryl methyl sites for hydroxylation is 1. The third-order valence-electron chi connectivity index (χ3n) is 7.74. The summed E-state index contributed by atoms with van der Waals surface area (Å²) < 4.78 is 75.9. The van der Waals surface area contributed by atoms with Gasteiger partial charge in [-0.1, -0.05) is 0 Å². The highest BCUT2D eigenvalue weighted by Crippen LogP contribution is 2.67. The number of phosphoric ester groups is 2. The van der Waals surface area contributed by atoms with E-state index in [1.807, 2.05) is 0 Å². The van der Waals surface area contributed by atoms with Gasteiger partial charge in [-0.3, -0.25) is 23.4 Å². The number of methoxy groups -OCH3 is 1. The molecule has 6 heterocycles. The second kappa shape index (κ2) is 14.1. The summed E-state index contributed by atoms with van der Waals surface area (Å²) in [6.45, 7) is -1.72. The van der Waals surface area contributed by atoms with Gasteiger partial charge >= 0.3 is 23.5 Å². The predicted molar refractivity (Wildman–Crippen MR) is 166 cm³/mol. The molecule has 0 radical (unpaired) electrons. The Balaban J connectivity index is 1.04. The van der Waals surface area contributed by atoms with Crippen molar-refractivity contribution in [3.63, 3.8) is 0 Å². The third kappa shape index (κ3) is 7.75. The Morgan fingerprint density at radius 1 is 0.981 bits per heavy atom. The Morgan fingerprint density at radius 3 is 2.33 bits per heavy atom. The first-order chi connectivity index (χ1) is 24.3. The molecule has 2 aliphatic rings. The number of rotatable bonds is 13. The van der Waals surface area contributed by atoms with E-state index in [1.165, 1.54) is 34.2 Å². The van der Waals surface area contributed by atoms with Gasteiger partial charge < -0.3 is 55.7 Å². The maximum absolute atomic E-state index is 12.6. The molecule has 2 saturated heterocycles. The van der Waals surface area contributed by atoms with Crippen molar-refractivity contribution in [1.82, 2.24) is 34.1 Å². The number of aromatic hydroxyl groups is 1. The first-order valence-corrected chi connectivity index (χ1v) is 19.1. The zero-order valence-electron chi connectivity index (χ0n) is 26.6. The van der Waals surface area contributed by atoms with Crippen LogP contribution in [0.25, 0.3) is 22.3 Å². The summed E-state index contributed by atoms with van der Waals surface area (Å²) in [7, 11) is -14.3. The fourth-order valence-corrected chi connectivity index (χ4v) is 9.23. The van der Waals surface area contributed by atoms with Crippen LogP contribution in [0.5, 0.6) is 5.88 Å². The van der Waals surface area contributed by atoms with E-state index in [-0.39, 0.29) is 40.6 Å². The average Bonchev–Trinajstić information content (AvgIpc) is 3.77. The van der Waals surface area contributed by atoms with E-state index >= 15 is 0 Å². The van der Waals surface area contributed by atoms with Gasteiger partial charge in [-0.05, 0) is 0 Å². The van der Waals surface area contributed by atoms with Crippen LogP contribution in [0.1, 0.15) is 18.9 Å². The Hall–Kier alpha value is -3.49. The van der Waals surface area contributed by atoms with Crippen LogP contribution in [-0.4, -0.2) is 115 Å². The molecule has 2 aliphatic heterocycles. The van der Waals surface area contributed by atoms with Crippen molar-refractivity contribution in [3.05, 3.63) is 23.0 Å². The molecular weight excluding hydrogens is 769 g/mol. The van der Waals surface area contributed by atoms with Gasteiger partial charge in [0, 0.05) is 13.5 Å². The number of nitrogens with zero attached hydrogens (tertiary/aromatic N) is 7. The van der Waals surface area contributed by atoms with Crippen LogP contribution < -0.4 is 21.6 Å². The molecule has 286 valence electrons. The molecule has 0 aliphatic carbocycles. The summed E-state index contributed by atoms with van der Waals surface area (Å²) in [6.07, 6.45) is -6.63. The van der Waals surface area contributed by atoms with E-state index in [1.54, 1.807) is 0 Å². The minimum atomic E-state index is -5.90. The van der Waals surface area contributed by atoms with Crippen LogP contribution in [0.15, 0.2) is 17.4 Å². The number of imidazole rings is 2. The fourth-order valence-electron chi connectivity index (χ4n) is 5.69. The number of anilines is 2. The second-order valence-corrected chi connectivity index (χ2v) is 16.0. The molecular formula is C22H32N10O17P3+. The lowest BCUT2D eigenvalue weighted by Crippen LogP contribution is -2.35. The highest BCUT2D eigenvalue weighted by Gasteiger charge is 2.51. The lowest BCUT2D eigenvalue weighted by Gasteiger charge is -2.21. The molecule has 11 N–H and O–H groups in total. The van der Waals surface area contributed by atoms with E-state index in [0.717, 1.165) is 6.33 Å². The first-order valence-electron chi connectivity index (χ1n) is 14.6. The maximum atomic E-state index is 12.6. The molecule has 6 unspecified atom stereocenters. The number of aliphatic hydroxyl groups excluding tert-OH is 2. The van der Waals surface area contributed by atoms with E-state index in [4.69, 9.17) is 34.7 Å². The molecule has 0 amide bonds. The summed E-state index contributed by atoms with van der Waals surface area (Å²) in [5.74, 6) is -0.999. The number of hydrogen-bond donors (Lipinski definition) is 9. The van der Waals surface area contributed by atoms with Crippen molar-refractivity contribution in [3.8, 4) is 5.88 Å². The van der Waals surface area contributed by atoms with Crippen LogP contribution >= 0.6 is 23.5 Å². The number of aromatic nitrogens is 8. The molecule has 0 bridgehead atoms. The molecule has 4 aromatic rings. The van der Waals surface area contributed by atoms with E-state index in [2.05, 4.69) is 33.5 Å². The molecule has 52 heavy (non-hydrogen) atoms. The molecule has 10 atom stereocenters. The van der Waals surface area contributed by atoms with Gasteiger partial charge in [0.05, 0.1) is 32.7 Å². The van der Waals surface area contributed by atoms with Crippen molar-refractivity contribution in [1.29, 1.82) is 0 Å². The summed E-state index contributed by atoms with van der Waals surface area (Å²) in [4.78, 5) is 60.1. The smallest absolute Gasteiger partial charge is 0.490 e. The molecule has 6 rings (SSSR count). The van der Waals surface area contributed by atoms with Gasteiger partial charge in [0.15, 0.2) is 17.4 Å². The largest absolute Gasteiger partial charge is 0.490 e. The predicted octanol–water partition coefficient (Wildman–Crippen LogP) is -2.45. The number of hydrogen-bond acceptors (Lipinski definition) is 20. The molecule has 30 heteroatoms. The number of ether oxygens (including phenoxy) is 3. The normalized spacial score (nSPS) is 28.6. The Labute approximate surface area is 289 Å². The summed E-state index contributed by atoms with van der Waals surface area (Å²) >= 11 is 0. The van der Waals surface area contributed by atoms with E-state index in [9.17, 15) is 48.5 Å². The van der Waals surface area contributed by atoms with E-state index in [0.29, 0.717) is 0 Å². The summed E-state index contributed by atoms with van der Waals surface area (Å²) in [5, 5.41) is 31.7. The number of nitrogens with one attached hydrogen (secondary N) is 1. The van der Waals surface area contributed by atoms with Gasteiger partial charge in [-0.15, -0.1) is 0 Å². The highest BCUT2D eigenvalue weighted by atomic mass is 31.3. The molecule has 27 nitrogen and oxygen atoms in total. The number of aromatic amines is 1. The van der Waals surface area contributed by atoms with Gasteiger partial charge in [-0.2, -0.15) is 28.1 Å². The van der Waals surface area contributed by atoms with Crippen LogP contribution in [0.2, 0.25) is 0 Å². The first kappa shape index (κ1) is 38.2. The fraction of sp³-hybridized carbons (Fsp3) is 0.545. The van der Waals surface area contributed by atoms with Gasteiger partial charge in [0.2, 0.25) is 24.5 Å². The molecule has 0 saturated carbocycles. The second-order valence-electron chi connectivity index (χ2n) is 11.4. The van der Waals surface area contributed by atoms with Crippen molar-refractivity contribution in [2.24, 2.45) is 7.05 Å². The minimum Gasteiger partial charge on any atom is -0.490 e. The van der Waals surface area contributed by atoms with Gasteiger partial charge in [0.25, 0.3) is 22.6 Å². The summed E-state index contributed by atoms with van der Waals surface area (Å²) in [6, 6.07) is 0. The van der Waals surface area contributed by atoms with Crippen molar-refractivity contribution in [2.45, 2.75) is 49.4 Å². The monoisotopic (exact) mass is 801 g/mol. The van der Waals surface area contributed by atoms with Crippen LogP contribution in [0.4, 0.5) is 11.9 Å². The molecule has 0 spiro atoms. The standard InChI is InChI=1S/C22H31N10O17P3/c1-30-7-32(16-12(30)18(36)29-22(24)27-16)20-13(34)14(43-2)10(47-20)5-45-51(39,40)49-52(41,42)48-50(37,38)44-4-8-3-9(33)19(46-8)31-6-25-11-15(31)26-21(23)28-17(11)35/h6-10,13-14,19-20,33-34H,3-5H2,1-2H3,(H8-,23,24,26,27,28,29,35,36,37,38,39,40,41,42)/p+1/t8-,9-,10+,13?,14?,19?,20+/m0/s1. The molecule has 0 aromatic carbocycles. The molecule has 4 aromatic heterocycles. The number of fused-ring (bicyclic) bond motifs is 2. The zero-order valence-corrected chi connectivity index (χ0v) is 29.3. The average molecular weight is 801 g/mol. The van der Waals surface area contributed by atoms with Crippen molar-refractivity contribution >= 4 is 57.7 Å². The van der Waals surface area contributed by atoms with Crippen LogP contribution in [0.3, 0.4) is 0 Å². The Morgan fingerprint density at radius 2 is 1.65 bits per heavy atom. The van der Waals surface area contributed by atoms with Crippen molar-refractivity contribution in [2.75, 3.05) is 31.8 Å². The van der Waals surface area contributed by atoms with Gasteiger partial charge in [0.1, 0.15) is 24.4 Å². The van der Waals surface area contributed by atoms with E-state index < -0.39 is 91.1 Å². The number of aliphatic hydroxyl groups is 2. The molecule has 2 fully saturated rings.